The fourth-order valence-electron chi connectivity index (χ4n) is 7.47. The molecule has 278 valence electrons. The van der Waals surface area contributed by atoms with Crippen LogP contribution in [0.3, 0.4) is 0 Å². The Balaban J connectivity index is 1.30. The summed E-state index contributed by atoms with van der Waals surface area (Å²) in [6.07, 6.45) is -4.65. The summed E-state index contributed by atoms with van der Waals surface area (Å²) in [6, 6.07) is 3.27. The third kappa shape index (κ3) is 6.47. The van der Waals surface area contributed by atoms with E-state index in [9.17, 15) is 49.5 Å². The Kier molecular flexibility index (Phi) is 9.78. The Morgan fingerprint density at radius 1 is 1.04 bits per heavy atom. The molecule has 0 saturated carbocycles. The second kappa shape index (κ2) is 13.7. The first-order valence-corrected chi connectivity index (χ1v) is 16.9. The van der Waals surface area contributed by atoms with Crippen LogP contribution < -0.4 is 10.1 Å². The van der Waals surface area contributed by atoms with E-state index < -0.39 is 102 Å². The number of fused-ring (bicyclic) bond motifs is 3. The van der Waals surface area contributed by atoms with Crippen molar-refractivity contribution in [1.82, 2.24) is 5.32 Å². The van der Waals surface area contributed by atoms with Crippen molar-refractivity contribution in [2.45, 2.75) is 89.1 Å². The van der Waals surface area contributed by atoms with E-state index in [-0.39, 0.29) is 52.2 Å². The van der Waals surface area contributed by atoms with Crippen LogP contribution in [0.2, 0.25) is 0 Å². The number of carbonyl (C=O) groups excluding carboxylic acids is 5. The summed E-state index contributed by atoms with van der Waals surface area (Å²) in [6.45, 7) is 4.07. The van der Waals surface area contributed by atoms with Gasteiger partial charge in [-0.3, -0.25) is 19.2 Å². The number of hydrogen-bond acceptors (Lipinski definition) is 14. The molecular weight excluding hydrogens is 682 g/mol. The summed E-state index contributed by atoms with van der Waals surface area (Å²) in [7, 11) is 1.30. The van der Waals surface area contributed by atoms with E-state index in [2.05, 4.69) is 5.32 Å². The zero-order valence-electron chi connectivity index (χ0n) is 29.1. The molecule has 6 atom stereocenters. The number of ketones is 4. The summed E-state index contributed by atoms with van der Waals surface area (Å²) >= 11 is 0. The second-order valence-electron chi connectivity index (χ2n) is 14.5. The van der Waals surface area contributed by atoms with Crippen molar-refractivity contribution in [3.8, 4) is 17.2 Å². The van der Waals surface area contributed by atoms with Crippen LogP contribution in [-0.2, 0) is 30.2 Å². The lowest BCUT2D eigenvalue weighted by molar-refractivity contribution is -0.249. The normalized spacial score (nSPS) is 27.9. The van der Waals surface area contributed by atoms with Gasteiger partial charge < -0.3 is 49.8 Å². The lowest BCUT2D eigenvalue weighted by Gasteiger charge is -2.42. The predicted octanol–water partition coefficient (Wildman–Crippen LogP) is 2.08. The van der Waals surface area contributed by atoms with Gasteiger partial charge in [0.05, 0.1) is 42.0 Å². The molecule has 0 radical (unpaired) electrons. The summed E-state index contributed by atoms with van der Waals surface area (Å²) in [5.41, 5.74) is -3.94. The van der Waals surface area contributed by atoms with Gasteiger partial charge in [-0.05, 0) is 24.8 Å². The molecule has 6 rings (SSSR count). The summed E-state index contributed by atoms with van der Waals surface area (Å²) in [4.78, 5) is 65.8. The molecule has 1 saturated heterocycles. The number of phenols is 2. The number of nitrogens with one attached hydrogen (secondary N) is 1. The topological polar surface area (TPSA) is 235 Å². The molecule has 15 nitrogen and oxygen atoms in total. The van der Waals surface area contributed by atoms with Crippen molar-refractivity contribution >= 4 is 29.2 Å². The molecule has 3 aliphatic carbocycles. The zero-order chi connectivity index (χ0) is 37.9. The molecule has 15 heteroatoms. The lowest BCUT2D eigenvalue weighted by atomic mass is 9.72. The van der Waals surface area contributed by atoms with Gasteiger partial charge >= 0.3 is 6.09 Å². The molecule has 4 aliphatic rings. The summed E-state index contributed by atoms with van der Waals surface area (Å²) in [5, 5.41) is 57.9. The van der Waals surface area contributed by atoms with Gasteiger partial charge in [0.15, 0.2) is 23.6 Å². The maximum atomic E-state index is 13.9. The van der Waals surface area contributed by atoms with Crippen molar-refractivity contribution in [3.05, 3.63) is 63.2 Å². The number of ether oxygens (including phenoxy) is 4. The minimum Gasteiger partial charge on any atom is -0.507 e. The van der Waals surface area contributed by atoms with E-state index in [0.29, 0.717) is 18.4 Å². The number of aliphatic hydroxyl groups excluding tert-OH is 2. The van der Waals surface area contributed by atoms with Crippen LogP contribution in [0.25, 0.3) is 0 Å². The average molecular weight is 724 g/mol. The first-order valence-electron chi connectivity index (χ1n) is 16.9. The molecule has 0 bridgehead atoms. The zero-order valence-corrected chi connectivity index (χ0v) is 29.1. The fraction of sp³-hybridized carbons (Fsp3) is 0.486. The summed E-state index contributed by atoms with van der Waals surface area (Å²) in [5.74, 6) is -4.25. The van der Waals surface area contributed by atoms with Crippen molar-refractivity contribution in [1.29, 1.82) is 0 Å². The first-order chi connectivity index (χ1) is 24.5. The smallest absolute Gasteiger partial charge is 0.407 e. The Hall–Kier alpha value is -4.67. The minimum atomic E-state index is -2.35. The quantitative estimate of drug-likeness (QED) is 0.183. The van der Waals surface area contributed by atoms with E-state index in [1.165, 1.54) is 32.2 Å². The van der Waals surface area contributed by atoms with Crippen molar-refractivity contribution in [3.63, 3.8) is 0 Å². The molecule has 1 amide bonds. The molecule has 2 aromatic carbocycles. The number of benzene rings is 2. The number of phenolic OH excluding ortho intramolecular Hbond substituents is 2. The van der Waals surface area contributed by atoms with Gasteiger partial charge in [0.1, 0.15) is 42.2 Å². The van der Waals surface area contributed by atoms with Crippen LogP contribution in [0.1, 0.15) is 95.5 Å². The number of allylic oxidation sites excluding steroid dienone is 1. The molecule has 2 aromatic rings. The van der Waals surface area contributed by atoms with E-state index in [1.54, 1.807) is 6.08 Å². The highest BCUT2D eigenvalue weighted by Crippen LogP contribution is 2.52. The number of amides is 1. The Bertz CT molecular complexity index is 1900. The van der Waals surface area contributed by atoms with Gasteiger partial charge in [-0.25, -0.2) is 4.79 Å². The van der Waals surface area contributed by atoms with E-state index in [0.717, 1.165) is 0 Å². The van der Waals surface area contributed by atoms with Gasteiger partial charge in [-0.2, -0.15) is 0 Å². The number of aromatic hydroxyl groups is 2. The van der Waals surface area contributed by atoms with Gasteiger partial charge in [-0.1, -0.05) is 32.1 Å². The molecule has 0 unspecified atom stereocenters. The number of Topliss-reactive ketones (excluding diaryl/α,β-unsaturated/α-hetero) is 2. The number of rotatable bonds is 8. The molecule has 1 aliphatic heterocycles. The van der Waals surface area contributed by atoms with E-state index >= 15 is 0 Å². The average Bonchev–Trinajstić information content (AvgIpc) is 3.09. The largest absolute Gasteiger partial charge is 0.507 e. The van der Waals surface area contributed by atoms with Crippen LogP contribution in [-0.4, -0.2) is 105 Å². The molecule has 1 heterocycles. The number of methoxy groups -OCH3 is 1. The Labute approximate surface area is 298 Å². The Morgan fingerprint density at radius 2 is 1.75 bits per heavy atom. The molecule has 0 aromatic heterocycles. The minimum absolute atomic E-state index is 0.0556. The molecule has 1 fully saturated rings. The third-order valence-electron chi connectivity index (χ3n) is 10.3. The van der Waals surface area contributed by atoms with Crippen LogP contribution in [0, 0.1) is 5.41 Å². The highest BCUT2D eigenvalue weighted by Gasteiger charge is 2.50. The van der Waals surface area contributed by atoms with Crippen molar-refractivity contribution in [2.75, 3.05) is 20.3 Å². The standard InChI is InChI=1S/C37H41NO14/c1-16-30(42)20(38-35(47)50-15-17-8-9-36(2,3)12-21(17)40)10-25(51-16)52-23-13-37(48,24(41)14-39)11-19-27(23)34(46)29-28(32(19)44)31(43)18-6-5-7-22(49-4)26(18)33(29)45/h5-8,16,20,23,25,30,39,42,44,46,48H,9-15H2,1-4H3,(H,38,47)/t16-,20-,23-,25-,30+,37-/m0/s1. The number of aliphatic hydroxyl groups is 3. The highest BCUT2D eigenvalue weighted by atomic mass is 16.7. The van der Waals surface area contributed by atoms with Crippen molar-refractivity contribution < 1.29 is 68.5 Å². The third-order valence-corrected chi connectivity index (χ3v) is 10.3. The molecule has 0 spiro atoms. The van der Waals surface area contributed by atoms with Gasteiger partial charge in [0.25, 0.3) is 0 Å². The predicted molar refractivity (Wildman–Crippen MR) is 178 cm³/mol. The van der Waals surface area contributed by atoms with Crippen LogP contribution in [0.5, 0.6) is 17.2 Å². The van der Waals surface area contributed by atoms with Gasteiger partial charge in [-0.15, -0.1) is 0 Å². The molecule has 52 heavy (non-hydrogen) atoms. The fourth-order valence-corrected chi connectivity index (χ4v) is 7.47. The molecule has 6 N–H and O–H groups in total. The SMILES string of the molecule is COc1cccc2c1C(=O)c1c(O)c3c(c(O)c1C2=O)C[C@@](O)(C(=O)CO)C[C@@H]3O[C@H]1C[C@H](NC(=O)OCC2=CCC(C)(C)CC2=O)[C@H](O)[C@H](C)O1. The van der Waals surface area contributed by atoms with Gasteiger partial charge in [0.2, 0.25) is 5.78 Å². The highest BCUT2D eigenvalue weighted by molar-refractivity contribution is 6.31. The van der Waals surface area contributed by atoms with Crippen LogP contribution >= 0.6 is 0 Å². The monoisotopic (exact) mass is 723 g/mol. The maximum Gasteiger partial charge on any atom is 0.407 e. The Morgan fingerprint density at radius 3 is 2.42 bits per heavy atom. The lowest BCUT2D eigenvalue weighted by Crippen LogP contribution is -2.56. The van der Waals surface area contributed by atoms with Crippen LogP contribution in [0.4, 0.5) is 4.79 Å². The maximum absolute atomic E-state index is 13.9. The van der Waals surface area contributed by atoms with Gasteiger partial charge in [0, 0.05) is 47.9 Å². The number of hydrogen-bond donors (Lipinski definition) is 6. The van der Waals surface area contributed by atoms with E-state index in [1.807, 2.05) is 13.8 Å². The van der Waals surface area contributed by atoms with E-state index in [4.69, 9.17) is 18.9 Å². The number of carbonyl (C=O) groups is 5. The van der Waals surface area contributed by atoms with Crippen LogP contribution in [0.15, 0.2) is 29.8 Å². The summed E-state index contributed by atoms with van der Waals surface area (Å²) < 4.78 is 22.7. The van der Waals surface area contributed by atoms with Crippen molar-refractivity contribution in [2.24, 2.45) is 5.41 Å². The number of alkyl carbamates (subject to hydrolysis) is 1. The first kappa shape index (κ1) is 37.1. The second-order valence-corrected chi connectivity index (χ2v) is 14.5. The molecular formula is C37H41NO14.